The van der Waals surface area contributed by atoms with Crippen molar-refractivity contribution >= 4 is 61.1 Å². The second-order valence-corrected chi connectivity index (χ2v) is 16.3. The lowest BCUT2D eigenvalue weighted by molar-refractivity contribution is 0.661. The Morgan fingerprint density at radius 2 is 1.20 bits per heavy atom. The molecular formula is C57H40N2O. The number of nitrogens with zero attached hydrogens (tertiary/aromatic N) is 1. The number of allylic oxidation sites excluding steroid dienone is 1. The van der Waals surface area contributed by atoms with E-state index in [4.69, 9.17) is 9.41 Å². The van der Waals surface area contributed by atoms with Crippen molar-refractivity contribution in [3.05, 3.63) is 222 Å². The van der Waals surface area contributed by atoms with Crippen molar-refractivity contribution in [2.45, 2.75) is 19.3 Å². The molecular weight excluding hydrogens is 729 g/mol. The van der Waals surface area contributed by atoms with Gasteiger partial charge in [-0.3, -0.25) is 4.99 Å². The van der Waals surface area contributed by atoms with Crippen molar-refractivity contribution in [1.29, 1.82) is 5.41 Å². The van der Waals surface area contributed by atoms with Gasteiger partial charge in [-0.15, -0.1) is 0 Å². The van der Waals surface area contributed by atoms with Crippen molar-refractivity contribution in [2.75, 3.05) is 0 Å². The first-order chi connectivity index (χ1) is 29.4. The van der Waals surface area contributed by atoms with Crippen LogP contribution in [0.5, 0.6) is 0 Å². The summed E-state index contributed by atoms with van der Waals surface area (Å²) in [5.74, 6) is 0. The summed E-state index contributed by atoms with van der Waals surface area (Å²) in [7, 11) is 0. The van der Waals surface area contributed by atoms with E-state index in [-0.39, 0.29) is 5.41 Å². The third-order valence-corrected chi connectivity index (χ3v) is 12.4. The Labute approximate surface area is 349 Å². The molecule has 3 nitrogen and oxygen atoms in total. The molecule has 1 aromatic heterocycles. The Bertz CT molecular complexity index is 3420. The fraction of sp³-hybridized carbons (Fsp3) is 0.0526. The number of para-hydroxylation sites is 1. The molecule has 9 aromatic carbocycles. The molecule has 0 bridgehead atoms. The number of nitrogens with one attached hydrogen (secondary N) is 1. The first kappa shape index (κ1) is 35.5. The summed E-state index contributed by atoms with van der Waals surface area (Å²) in [5, 5.41) is 16.3. The van der Waals surface area contributed by atoms with Gasteiger partial charge in [0.2, 0.25) is 0 Å². The normalized spacial score (nSPS) is 13.4. The summed E-state index contributed by atoms with van der Waals surface area (Å²) in [4.78, 5) is 5.11. The average Bonchev–Trinajstić information content (AvgIpc) is 3.79. The maximum atomic E-state index is 9.53. The Morgan fingerprint density at radius 3 is 2.07 bits per heavy atom. The van der Waals surface area contributed by atoms with Crippen molar-refractivity contribution < 1.29 is 4.42 Å². The Morgan fingerprint density at radius 1 is 0.517 bits per heavy atom. The summed E-state index contributed by atoms with van der Waals surface area (Å²) in [6, 6.07) is 66.3. The van der Waals surface area contributed by atoms with E-state index in [2.05, 4.69) is 135 Å². The van der Waals surface area contributed by atoms with Crippen molar-refractivity contribution in [2.24, 2.45) is 4.99 Å². The first-order valence-corrected chi connectivity index (χ1v) is 20.5. The highest BCUT2D eigenvalue weighted by Gasteiger charge is 2.36. The van der Waals surface area contributed by atoms with Crippen LogP contribution < -0.4 is 0 Å². The molecule has 11 rings (SSSR count). The smallest absolute Gasteiger partial charge is 0.136 e. The minimum absolute atomic E-state index is 0.113. The van der Waals surface area contributed by atoms with Crippen LogP contribution in [-0.4, -0.2) is 11.9 Å². The molecule has 0 atom stereocenters. The molecule has 3 heteroatoms. The number of benzene rings is 9. The van der Waals surface area contributed by atoms with Gasteiger partial charge in [0.15, 0.2) is 0 Å². The van der Waals surface area contributed by atoms with Gasteiger partial charge in [0.25, 0.3) is 0 Å². The molecule has 60 heavy (non-hydrogen) atoms. The van der Waals surface area contributed by atoms with Crippen LogP contribution in [0.4, 0.5) is 0 Å². The monoisotopic (exact) mass is 768 g/mol. The van der Waals surface area contributed by atoms with E-state index < -0.39 is 0 Å². The molecule has 1 aliphatic rings. The first-order valence-electron chi connectivity index (χ1n) is 20.5. The molecule has 10 aromatic rings. The number of fused-ring (bicyclic) bond motifs is 9. The number of furan rings is 1. The molecule has 0 aliphatic heterocycles. The molecule has 0 fully saturated rings. The number of hydrogen-bond donors (Lipinski definition) is 1. The van der Waals surface area contributed by atoms with E-state index in [1.807, 2.05) is 79.0 Å². The lowest BCUT2D eigenvalue weighted by atomic mass is 9.81. The van der Waals surface area contributed by atoms with Gasteiger partial charge in [-0.25, -0.2) is 0 Å². The van der Waals surface area contributed by atoms with Crippen LogP contribution >= 0.6 is 0 Å². The van der Waals surface area contributed by atoms with Gasteiger partial charge in [0.1, 0.15) is 11.2 Å². The Kier molecular flexibility index (Phi) is 8.31. The predicted molar refractivity (Wildman–Crippen MR) is 252 cm³/mol. The number of hydrogen-bond acceptors (Lipinski definition) is 3. The molecule has 0 spiro atoms. The van der Waals surface area contributed by atoms with Crippen molar-refractivity contribution in [3.63, 3.8) is 0 Å². The lowest BCUT2D eigenvalue weighted by Crippen LogP contribution is -2.15. The Hall–Kier alpha value is -7.62. The zero-order chi connectivity index (χ0) is 40.4. The second-order valence-electron chi connectivity index (χ2n) is 16.3. The lowest BCUT2D eigenvalue weighted by Gasteiger charge is -2.22. The zero-order valence-corrected chi connectivity index (χ0v) is 33.4. The van der Waals surface area contributed by atoms with E-state index in [9.17, 15) is 5.41 Å². The van der Waals surface area contributed by atoms with Crippen LogP contribution in [-0.2, 0) is 5.41 Å². The molecule has 0 saturated heterocycles. The predicted octanol–water partition coefficient (Wildman–Crippen LogP) is 15.1. The average molecular weight is 769 g/mol. The number of aliphatic imine (C=N–C) groups is 1. The summed E-state index contributed by atoms with van der Waals surface area (Å²) in [6.45, 7) is 4.71. The maximum absolute atomic E-state index is 9.53. The van der Waals surface area contributed by atoms with E-state index in [1.54, 1.807) is 0 Å². The van der Waals surface area contributed by atoms with Gasteiger partial charge in [-0.1, -0.05) is 178 Å². The van der Waals surface area contributed by atoms with E-state index >= 15 is 0 Å². The van der Waals surface area contributed by atoms with Gasteiger partial charge in [0.05, 0.1) is 11.4 Å². The van der Waals surface area contributed by atoms with Gasteiger partial charge >= 0.3 is 0 Å². The van der Waals surface area contributed by atoms with E-state index in [0.717, 1.165) is 60.5 Å². The minimum atomic E-state index is -0.113. The largest absolute Gasteiger partial charge is 0.456 e. The quantitative estimate of drug-likeness (QED) is 0.161. The SMILES string of the molecule is CC1(C)c2cc(-c3cccc(-c4ccc(/C(=C/C(=N)c5cccc6oc7ccccc7c56)N=Cc5ccccc5)c5ccccc45)c3)ccc2-c2c1ccc1ccccc21. The summed E-state index contributed by atoms with van der Waals surface area (Å²) in [6.07, 6.45) is 3.78. The van der Waals surface area contributed by atoms with Crippen LogP contribution in [0, 0.1) is 5.41 Å². The summed E-state index contributed by atoms with van der Waals surface area (Å²) < 4.78 is 6.20. The van der Waals surface area contributed by atoms with Crippen LogP contribution in [0.25, 0.3) is 82.6 Å². The molecule has 0 amide bonds. The third kappa shape index (κ3) is 5.81. The fourth-order valence-corrected chi connectivity index (χ4v) is 9.41. The standard InChI is InChI=1S/C57H40N2O/c1-57(2)49-31-27-37-16-6-7-19-42(37)55(49)46-28-26-39(33-50(46)57)38-17-12-18-40(32-38)41-29-30-45(44-21-9-8-20-43(41)44)52(59-35-36-14-4-3-5-15-36)34-51(58)47-23-13-25-54-56(47)48-22-10-11-24-53(48)60-54/h3-35,58H,1-2H3/b52-34-,58-51?,59-35?. The minimum Gasteiger partial charge on any atom is -0.456 e. The topological polar surface area (TPSA) is 49.4 Å². The molecule has 1 heterocycles. The van der Waals surface area contributed by atoms with Gasteiger partial charge < -0.3 is 9.83 Å². The summed E-state index contributed by atoms with van der Waals surface area (Å²) in [5.41, 5.74) is 15.4. The highest BCUT2D eigenvalue weighted by atomic mass is 16.3. The molecule has 0 unspecified atom stereocenters. The van der Waals surface area contributed by atoms with Gasteiger partial charge in [-0.05, 0) is 102 Å². The van der Waals surface area contributed by atoms with Crippen LogP contribution in [0.2, 0.25) is 0 Å². The van der Waals surface area contributed by atoms with Crippen molar-refractivity contribution in [3.8, 4) is 33.4 Å². The zero-order valence-electron chi connectivity index (χ0n) is 33.4. The molecule has 0 saturated carbocycles. The highest BCUT2D eigenvalue weighted by molar-refractivity contribution is 6.23. The fourth-order valence-electron chi connectivity index (χ4n) is 9.41. The molecule has 1 N–H and O–H groups in total. The molecule has 1 aliphatic carbocycles. The van der Waals surface area contributed by atoms with Gasteiger partial charge in [-0.2, -0.15) is 0 Å². The van der Waals surface area contributed by atoms with E-state index in [1.165, 1.54) is 44.2 Å². The second kappa shape index (κ2) is 14.0. The maximum Gasteiger partial charge on any atom is 0.136 e. The summed E-state index contributed by atoms with van der Waals surface area (Å²) >= 11 is 0. The van der Waals surface area contributed by atoms with Gasteiger partial charge in [0, 0.05) is 33.5 Å². The van der Waals surface area contributed by atoms with Crippen molar-refractivity contribution in [1.82, 2.24) is 0 Å². The van der Waals surface area contributed by atoms with Crippen LogP contribution in [0.1, 0.15) is 41.7 Å². The van der Waals surface area contributed by atoms with Crippen LogP contribution in [0.3, 0.4) is 0 Å². The molecule has 0 radical (unpaired) electrons. The van der Waals surface area contributed by atoms with Crippen LogP contribution in [0.15, 0.2) is 204 Å². The Balaban J connectivity index is 1.01. The molecule has 284 valence electrons. The third-order valence-electron chi connectivity index (χ3n) is 12.4. The van der Waals surface area contributed by atoms with E-state index in [0.29, 0.717) is 11.4 Å². The number of rotatable bonds is 7. The highest BCUT2D eigenvalue weighted by Crippen LogP contribution is 2.52.